The molecule has 0 bridgehead atoms. The topological polar surface area (TPSA) is 57.6 Å². The summed E-state index contributed by atoms with van der Waals surface area (Å²) in [7, 11) is -0.169. The number of benzene rings is 2. The van der Waals surface area contributed by atoms with E-state index in [-0.39, 0.29) is 4.90 Å². The first-order valence-electron chi connectivity index (χ1n) is 6.27. The van der Waals surface area contributed by atoms with Crippen LogP contribution in [0.3, 0.4) is 0 Å². The highest BCUT2D eigenvalue weighted by Gasteiger charge is 2.21. The largest absolute Gasteiger partial charge is 0.378 e. The minimum atomic E-state index is -4.14. The summed E-state index contributed by atoms with van der Waals surface area (Å²) in [6, 6.07) is 11.0. The molecule has 2 aromatic rings. The van der Waals surface area contributed by atoms with E-state index in [0.29, 0.717) is 6.42 Å². The SMILES string of the molecule is CN(C)c1ccc2c(c1)Cc1cc(S(=O)(=O)O)ccc1-2. The Morgan fingerprint density at radius 2 is 1.60 bits per heavy atom. The fraction of sp³-hybridized carbons (Fsp3) is 0.200. The predicted octanol–water partition coefficient (Wildman–Crippen LogP) is 2.57. The number of rotatable bonds is 2. The van der Waals surface area contributed by atoms with Crippen LogP contribution in [0.15, 0.2) is 41.3 Å². The van der Waals surface area contributed by atoms with Crippen LogP contribution < -0.4 is 4.90 Å². The first kappa shape index (κ1) is 13.1. The maximum Gasteiger partial charge on any atom is 0.294 e. The number of fused-ring (bicyclic) bond motifs is 3. The third kappa shape index (κ3) is 2.09. The lowest BCUT2D eigenvalue weighted by Crippen LogP contribution is -2.08. The fourth-order valence-electron chi connectivity index (χ4n) is 2.61. The molecular formula is C15H15NO3S. The van der Waals surface area contributed by atoms with Crippen LogP contribution in [0.4, 0.5) is 5.69 Å². The normalized spacial score (nSPS) is 12.9. The van der Waals surface area contributed by atoms with Gasteiger partial charge >= 0.3 is 0 Å². The molecule has 0 aromatic heterocycles. The van der Waals surface area contributed by atoms with E-state index in [1.807, 2.05) is 25.1 Å². The molecule has 1 aliphatic rings. The summed E-state index contributed by atoms with van der Waals surface area (Å²) in [4.78, 5) is 1.99. The molecule has 0 saturated heterocycles. The lowest BCUT2D eigenvalue weighted by Gasteiger charge is -2.13. The zero-order valence-corrected chi connectivity index (χ0v) is 12.1. The molecule has 5 heteroatoms. The standard InChI is InChI=1S/C15H15NO3S/c1-16(2)12-3-5-14-10(8-12)7-11-9-13(20(17,18)19)4-6-15(11)14/h3-6,8-9H,7H2,1-2H3,(H,17,18,19). The van der Waals surface area contributed by atoms with Gasteiger partial charge in [-0.25, -0.2) is 0 Å². The number of hydrogen-bond donors (Lipinski definition) is 1. The zero-order chi connectivity index (χ0) is 14.5. The number of hydrogen-bond acceptors (Lipinski definition) is 3. The first-order valence-corrected chi connectivity index (χ1v) is 7.71. The molecule has 4 nitrogen and oxygen atoms in total. The number of anilines is 1. The van der Waals surface area contributed by atoms with E-state index in [4.69, 9.17) is 4.55 Å². The van der Waals surface area contributed by atoms with Gasteiger partial charge in [0.1, 0.15) is 0 Å². The van der Waals surface area contributed by atoms with E-state index in [2.05, 4.69) is 12.1 Å². The molecule has 104 valence electrons. The molecule has 0 amide bonds. The highest BCUT2D eigenvalue weighted by atomic mass is 32.2. The minimum absolute atomic E-state index is 0.0445. The lowest BCUT2D eigenvalue weighted by molar-refractivity contribution is 0.483. The van der Waals surface area contributed by atoms with Crippen molar-refractivity contribution in [1.29, 1.82) is 0 Å². The molecular weight excluding hydrogens is 274 g/mol. The molecule has 0 radical (unpaired) electrons. The number of nitrogens with zero attached hydrogens (tertiary/aromatic N) is 1. The van der Waals surface area contributed by atoms with Gasteiger partial charge in [0.2, 0.25) is 0 Å². The second-order valence-corrected chi connectivity index (χ2v) is 6.63. The Hall–Kier alpha value is -1.85. The van der Waals surface area contributed by atoms with Gasteiger partial charge in [-0.2, -0.15) is 8.42 Å². The summed E-state index contributed by atoms with van der Waals surface area (Å²) >= 11 is 0. The van der Waals surface area contributed by atoms with Crippen LogP contribution in [-0.4, -0.2) is 27.1 Å². The maximum atomic E-state index is 11.2. The van der Waals surface area contributed by atoms with Gasteiger partial charge in [-0.15, -0.1) is 0 Å². The summed E-state index contributed by atoms with van der Waals surface area (Å²) in [5.74, 6) is 0. The molecule has 0 unspecified atom stereocenters. The van der Waals surface area contributed by atoms with Crippen LogP contribution in [0.25, 0.3) is 11.1 Å². The summed E-state index contributed by atoms with van der Waals surface area (Å²) in [6.07, 6.45) is 0.690. The highest BCUT2D eigenvalue weighted by molar-refractivity contribution is 7.85. The monoisotopic (exact) mass is 289 g/mol. The summed E-state index contributed by atoms with van der Waals surface area (Å²) in [6.45, 7) is 0. The van der Waals surface area contributed by atoms with Crippen LogP contribution in [0.1, 0.15) is 11.1 Å². The maximum absolute atomic E-state index is 11.2. The van der Waals surface area contributed by atoms with Gasteiger partial charge in [0, 0.05) is 19.8 Å². The lowest BCUT2D eigenvalue weighted by atomic mass is 10.1. The second kappa shape index (κ2) is 4.33. The second-order valence-electron chi connectivity index (χ2n) is 5.21. The van der Waals surface area contributed by atoms with Crippen molar-refractivity contribution in [1.82, 2.24) is 0 Å². The van der Waals surface area contributed by atoms with Crippen molar-refractivity contribution in [3.63, 3.8) is 0 Å². The molecule has 1 aliphatic carbocycles. The summed E-state index contributed by atoms with van der Waals surface area (Å²) < 4.78 is 31.5. The third-order valence-corrected chi connectivity index (χ3v) is 4.50. The molecule has 0 heterocycles. The van der Waals surface area contributed by atoms with Gasteiger partial charge in [-0.3, -0.25) is 4.55 Å². The molecule has 0 atom stereocenters. The molecule has 0 fully saturated rings. The quantitative estimate of drug-likeness (QED) is 0.737. The Labute approximate surface area is 118 Å². The van der Waals surface area contributed by atoms with Crippen LogP contribution in [-0.2, 0) is 16.5 Å². The Balaban J connectivity index is 2.10. The van der Waals surface area contributed by atoms with Crippen molar-refractivity contribution in [3.05, 3.63) is 47.5 Å². The van der Waals surface area contributed by atoms with Crippen molar-refractivity contribution in [2.24, 2.45) is 0 Å². The first-order chi connectivity index (χ1) is 9.36. The molecule has 3 rings (SSSR count). The van der Waals surface area contributed by atoms with Crippen molar-refractivity contribution in [2.45, 2.75) is 11.3 Å². The van der Waals surface area contributed by atoms with Gasteiger partial charge in [-0.1, -0.05) is 12.1 Å². The van der Waals surface area contributed by atoms with Gasteiger partial charge < -0.3 is 4.90 Å². The van der Waals surface area contributed by atoms with E-state index in [1.54, 1.807) is 12.1 Å². The zero-order valence-electron chi connectivity index (χ0n) is 11.3. The van der Waals surface area contributed by atoms with Gasteiger partial charge in [0.25, 0.3) is 10.1 Å². The smallest absolute Gasteiger partial charge is 0.294 e. The molecule has 0 saturated carbocycles. The predicted molar refractivity (Wildman–Crippen MR) is 78.8 cm³/mol. The van der Waals surface area contributed by atoms with Gasteiger partial charge in [0.15, 0.2) is 0 Å². The van der Waals surface area contributed by atoms with E-state index in [1.165, 1.54) is 11.6 Å². The fourth-order valence-corrected chi connectivity index (χ4v) is 3.14. The van der Waals surface area contributed by atoms with E-state index >= 15 is 0 Å². The average molecular weight is 289 g/mol. The summed E-state index contributed by atoms with van der Waals surface area (Å²) in [5.41, 5.74) is 5.40. The molecule has 1 N–H and O–H groups in total. The van der Waals surface area contributed by atoms with Crippen LogP contribution in [0.5, 0.6) is 0 Å². The van der Waals surface area contributed by atoms with Crippen molar-refractivity contribution >= 4 is 15.8 Å². The molecule has 0 spiro atoms. The van der Waals surface area contributed by atoms with Crippen LogP contribution >= 0.6 is 0 Å². The Bertz CT molecular complexity index is 795. The Morgan fingerprint density at radius 3 is 2.20 bits per heavy atom. The van der Waals surface area contributed by atoms with Gasteiger partial charge in [0.05, 0.1) is 4.90 Å². The minimum Gasteiger partial charge on any atom is -0.378 e. The van der Waals surface area contributed by atoms with Gasteiger partial charge in [-0.05, 0) is 52.9 Å². The van der Waals surface area contributed by atoms with E-state index in [0.717, 1.165) is 22.4 Å². The Kier molecular flexibility index (Phi) is 2.84. The molecule has 0 aliphatic heterocycles. The van der Waals surface area contributed by atoms with Crippen molar-refractivity contribution < 1.29 is 13.0 Å². The Morgan fingerprint density at radius 1 is 1.00 bits per heavy atom. The summed E-state index contributed by atoms with van der Waals surface area (Å²) in [5, 5.41) is 0. The van der Waals surface area contributed by atoms with Crippen LogP contribution in [0.2, 0.25) is 0 Å². The van der Waals surface area contributed by atoms with E-state index < -0.39 is 10.1 Å². The van der Waals surface area contributed by atoms with Crippen LogP contribution in [0, 0.1) is 0 Å². The molecule has 2 aromatic carbocycles. The van der Waals surface area contributed by atoms with Crippen molar-refractivity contribution in [3.8, 4) is 11.1 Å². The molecule has 20 heavy (non-hydrogen) atoms. The highest BCUT2D eigenvalue weighted by Crippen LogP contribution is 2.39. The van der Waals surface area contributed by atoms with Crippen molar-refractivity contribution in [2.75, 3.05) is 19.0 Å². The average Bonchev–Trinajstić information content (AvgIpc) is 2.73. The van der Waals surface area contributed by atoms with E-state index in [9.17, 15) is 8.42 Å². The third-order valence-electron chi connectivity index (χ3n) is 3.65.